The number of rotatable bonds is 12. The van der Waals surface area contributed by atoms with Crippen LogP contribution in [0.25, 0.3) is 0 Å². The number of hydrogen-bond donors (Lipinski definition) is 3. The van der Waals surface area contributed by atoms with Crippen molar-refractivity contribution < 1.29 is 46.6 Å². The Morgan fingerprint density at radius 2 is 1.93 bits per heavy atom. The molecule has 2 aliphatic rings. The van der Waals surface area contributed by atoms with E-state index in [1.165, 1.54) is 19.1 Å². The molecule has 4 rings (SSSR count). The summed E-state index contributed by atoms with van der Waals surface area (Å²) in [7, 11) is -2.67. The third-order valence-corrected chi connectivity index (χ3v) is 8.61. The SMILES string of the molecule is CC(C)OC(=O)[C@H](C)N[P@](=O)(OC[C@H]1O[C@@H](n2ccc(NC(=O)[C@@H]3CCCN3C)nc2=O)C(F)(F)[C@@H]1O)Oc1ccccc1. The van der Waals surface area contributed by atoms with Gasteiger partial charge in [-0.25, -0.2) is 9.36 Å². The number of anilines is 1. The van der Waals surface area contributed by atoms with E-state index in [2.05, 4.69) is 15.4 Å². The molecule has 0 radical (unpaired) electrons. The largest absolute Gasteiger partial charge is 0.462 e. The normalized spacial score (nSPS) is 25.4. The van der Waals surface area contributed by atoms with Crippen LogP contribution >= 0.6 is 7.75 Å². The highest BCUT2D eigenvalue weighted by molar-refractivity contribution is 7.52. The molecule has 242 valence electrons. The molecule has 3 heterocycles. The second kappa shape index (κ2) is 13.8. The van der Waals surface area contributed by atoms with Crippen molar-refractivity contribution in [3.63, 3.8) is 0 Å². The van der Waals surface area contributed by atoms with E-state index in [4.69, 9.17) is 18.5 Å². The lowest BCUT2D eigenvalue weighted by molar-refractivity contribution is -0.149. The topological polar surface area (TPSA) is 171 Å². The average Bonchev–Trinajstić information content (AvgIpc) is 3.48. The Kier molecular flexibility index (Phi) is 10.5. The van der Waals surface area contributed by atoms with Gasteiger partial charge in [0.1, 0.15) is 23.7 Å². The maximum atomic E-state index is 15.2. The second-order valence-electron chi connectivity index (χ2n) is 10.8. The van der Waals surface area contributed by atoms with Crippen LogP contribution in [-0.2, 0) is 28.2 Å². The van der Waals surface area contributed by atoms with Gasteiger partial charge in [-0.3, -0.25) is 23.6 Å². The zero-order valence-electron chi connectivity index (χ0n) is 24.6. The molecular weight excluding hydrogens is 607 g/mol. The van der Waals surface area contributed by atoms with Gasteiger partial charge in [-0.2, -0.15) is 18.9 Å². The number of likely N-dealkylation sites (tertiary alicyclic amines) is 1. The molecule has 3 N–H and O–H groups in total. The van der Waals surface area contributed by atoms with Crippen molar-refractivity contribution in [1.82, 2.24) is 19.5 Å². The van der Waals surface area contributed by atoms with E-state index in [1.54, 1.807) is 39.1 Å². The van der Waals surface area contributed by atoms with Crippen LogP contribution in [0.5, 0.6) is 5.75 Å². The molecule has 0 spiro atoms. The van der Waals surface area contributed by atoms with Gasteiger partial charge in [-0.1, -0.05) is 18.2 Å². The number of alkyl halides is 2. The quantitative estimate of drug-likeness (QED) is 0.228. The number of nitrogens with zero attached hydrogens (tertiary/aromatic N) is 3. The number of carbonyl (C=O) groups is 2. The van der Waals surface area contributed by atoms with Crippen molar-refractivity contribution in [3.8, 4) is 5.75 Å². The fourth-order valence-electron chi connectivity index (χ4n) is 4.72. The van der Waals surface area contributed by atoms with Gasteiger partial charge in [0, 0.05) is 6.20 Å². The first-order chi connectivity index (χ1) is 20.7. The van der Waals surface area contributed by atoms with E-state index >= 15 is 8.78 Å². The molecule has 2 aliphatic heterocycles. The van der Waals surface area contributed by atoms with Gasteiger partial charge in [0.25, 0.3) is 0 Å². The first kappa shape index (κ1) is 33.6. The molecule has 1 aromatic carbocycles. The highest BCUT2D eigenvalue weighted by Gasteiger charge is 2.60. The van der Waals surface area contributed by atoms with Crippen molar-refractivity contribution >= 4 is 25.4 Å². The number of likely N-dealkylation sites (N-methyl/N-ethyl adjacent to an activating group) is 1. The van der Waals surface area contributed by atoms with Crippen LogP contribution < -0.4 is 20.6 Å². The van der Waals surface area contributed by atoms with E-state index in [0.29, 0.717) is 11.0 Å². The average molecular weight is 644 g/mol. The van der Waals surface area contributed by atoms with Crippen molar-refractivity contribution in [2.45, 2.75) is 76.2 Å². The molecule has 44 heavy (non-hydrogen) atoms. The Balaban J connectivity index is 1.47. The number of benzene rings is 1. The highest BCUT2D eigenvalue weighted by atomic mass is 31.2. The zero-order valence-corrected chi connectivity index (χ0v) is 25.5. The molecule has 2 aromatic rings. The lowest BCUT2D eigenvalue weighted by Crippen LogP contribution is -2.42. The molecule has 1 aromatic heterocycles. The number of ether oxygens (including phenoxy) is 2. The number of aliphatic hydroxyl groups excluding tert-OH is 1. The number of amides is 1. The third-order valence-electron chi connectivity index (χ3n) is 6.97. The molecule has 2 saturated heterocycles. The number of esters is 1. The minimum Gasteiger partial charge on any atom is -0.462 e. The number of carbonyl (C=O) groups excluding carboxylic acids is 2. The summed E-state index contributed by atoms with van der Waals surface area (Å²) in [6.45, 7) is 4.44. The van der Waals surface area contributed by atoms with Gasteiger partial charge in [0.05, 0.1) is 18.8 Å². The van der Waals surface area contributed by atoms with Gasteiger partial charge in [0.15, 0.2) is 6.10 Å². The van der Waals surface area contributed by atoms with Crippen LogP contribution in [0.4, 0.5) is 14.6 Å². The zero-order chi connectivity index (χ0) is 32.2. The minimum absolute atomic E-state index is 0.0771. The molecule has 0 bridgehead atoms. The van der Waals surface area contributed by atoms with Gasteiger partial charge in [0.2, 0.25) is 12.1 Å². The maximum Gasteiger partial charge on any atom is 0.459 e. The Labute approximate surface area is 252 Å². The van der Waals surface area contributed by atoms with Crippen LogP contribution in [-0.4, -0.2) is 88.0 Å². The van der Waals surface area contributed by atoms with Crippen LogP contribution in [0.1, 0.15) is 39.8 Å². The van der Waals surface area contributed by atoms with Crippen molar-refractivity contribution in [2.75, 3.05) is 25.5 Å². The molecular formula is C27H36F2N5O9P. The minimum atomic E-state index is -4.46. The van der Waals surface area contributed by atoms with E-state index < -0.39 is 68.6 Å². The first-order valence-corrected chi connectivity index (χ1v) is 15.5. The summed E-state index contributed by atoms with van der Waals surface area (Å²) in [6, 6.07) is 7.31. The summed E-state index contributed by atoms with van der Waals surface area (Å²) in [5, 5.41) is 15.4. The molecule has 0 saturated carbocycles. The Bertz CT molecular complexity index is 1430. The number of aromatic nitrogens is 2. The highest BCUT2D eigenvalue weighted by Crippen LogP contribution is 2.48. The standard InChI is InChI=1S/C27H36F2N5O9P/c1-16(2)41-24(37)17(3)32-44(39,43-18-9-6-5-7-10-18)40-15-20-22(35)27(28,29)25(42-20)34-14-12-21(31-26(34)38)30-23(36)19-11-8-13-33(19)4/h5-7,9-10,12,14,16-17,19-20,22,25,35H,8,11,13,15H2,1-4H3,(H,32,39)(H,30,31,36,38)/t17-,19-,20+,22+,25+,44-/m0/s1. The first-order valence-electron chi connectivity index (χ1n) is 14.0. The molecule has 6 atom stereocenters. The number of para-hydroxylation sites is 1. The Morgan fingerprint density at radius 1 is 1.23 bits per heavy atom. The smallest absolute Gasteiger partial charge is 0.459 e. The fraction of sp³-hybridized carbons (Fsp3) is 0.556. The number of halogens is 2. The lowest BCUT2D eigenvalue weighted by Gasteiger charge is -2.25. The lowest BCUT2D eigenvalue weighted by atomic mass is 10.1. The fourth-order valence-corrected chi connectivity index (χ4v) is 6.23. The van der Waals surface area contributed by atoms with E-state index in [1.807, 2.05) is 4.90 Å². The summed E-state index contributed by atoms with van der Waals surface area (Å²) in [5.41, 5.74) is -1.17. The predicted molar refractivity (Wildman–Crippen MR) is 152 cm³/mol. The van der Waals surface area contributed by atoms with E-state index in [9.17, 15) is 24.1 Å². The Morgan fingerprint density at radius 3 is 2.55 bits per heavy atom. The summed E-state index contributed by atoms with van der Waals surface area (Å²) < 4.78 is 65.9. The van der Waals surface area contributed by atoms with Gasteiger partial charge < -0.3 is 24.4 Å². The number of nitrogens with one attached hydrogen (secondary N) is 2. The van der Waals surface area contributed by atoms with E-state index in [-0.39, 0.29) is 17.5 Å². The van der Waals surface area contributed by atoms with Crippen molar-refractivity contribution in [1.29, 1.82) is 0 Å². The molecule has 1 amide bonds. The molecule has 0 aliphatic carbocycles. The van der Waals surface area contributed by atoms with Crippen LogP contribution in [0.15, 0.2) is 47.4 Å². The third kappa shape index (κ3) is 7.86. The van der Waals surface area contributed by atoms with E-state index in [0.717, 1.165) is 25.2 Å². The van der Waals surface area contributed by atoms with Crippen molar-refractivity contribution in [3.05, 3.63) is 53.1 Å². The molecule has 17 heteroatoms. The van der Waals surface area contributed by atoms with Gasteiger partial charge in [-0.05, 0) is 65.4 Å². The second-order valence-corrected chi connectivity index (χ2v) is 12.5. The predicted octanol–water partition coefficient (Wildman–Crippen LogP) is 2.30. The summed E-state index contributed by atoms with van der Waals surface area (Å²) >= 11 is 0. The van der Waals surface area contributed by atoms with Crippen LogP contribution in [0, 0.1) is 0 Å². The monoisotopic (exact) mass is 643 g/mol. The Hall–Kier alpha value is -3.27. The van der Waals surface area contributed by atoms with Crippen LogP contribution in [0.2, 0.25) is 0 Å². The maximum absolute atomic E-state index is 15.2. The molecule has 2 fully saturated rings. The van der Waals surface area contributed by atoms with Gasteiger partial charge in [-0.15, -0.1) is 0 Å². The van der Waals surface area contributed by atoms with Crippen molar-refractivity contribution in [2.24, 2.45) is 0 Å². The summed E-state index contributed by atoms with van der Waals surface area (Å²) in [5.74, 6) is -5.22. The van der Waals surface area contributed by atoms with Gasteiger partial charge >= 0.3 is 25.3 Å². The summed E-state index contributed by atoms with van der Waals surface area (Å²) in [6.07, 6.45) is -4.64. The number of hydrogen-bond acceptors (Lipinski definition) is 11. The number of aliphatic hydroxyl groups is 1. The van der Waals surface area contributed by atoms with Crippen LogP contribution in [0.3, 0.4) is 0 Å². The summed E-state index contributed by atoms with van der Waals surface area (Å²) in [4.78, 5) is 43.1. The molecule has 14 nitrogen and oxygen atoms in total. The molecule has 0 unspecified atom stereocenters.